The number of ether oxygens (including phenoxy) is 1. The lowest BCUT2D eigenvalue weighted by atomic mass is 10.2. The largest absolute Gasteiger partial charge is 0.465 e. The fourth-order valence-corrected chi connectivity index (χ4v) is 4.07. The zero-order valence-corrected chi connectivity index (χ0v) is 14.6. The number of nitrogens with one attached hydrogen (secondary N) is 1. The fourth-order valence-electron chi connectivity index (χ4n) is 1.78. The van der Waals surface area contributed by atoms with E-state index in [1.54, 1.807) is 22.8 Å². The van der Waals surface area contributed by atoms with E-state index in [0.29, 0.717) is 17.0 Å². The second kappa shape index (κ2) is 7.72. The molecule has 2 aromatic heterocycles. The molecule has 0 saturated heterocycles. The van der Waals surface area contributed by atoms with E-state index in [0.717, 1.165) is 16.6 Å². The molecule has 2 heterocycles. The molecule has 0 fully saturated rings. The summed E-state index contributed by atoms with van der Waals surface area (Å²) >= 11 is 6.35. The van der Waals surface area contributed by atoms with Crippen LogP contribution in [0.5, 0.6) is 0 Å². The number of halogens is 1. The molecule has 112 valence electrons. The minimum Gasteiger partial charge on any atom is -0.465 e. The van der Waals surface area contributed by atoms with Crippen LogP contribution >= 0.6 is 38.6 Å². The van der Waals surface area contributed by atoms with Crippen LogP contribution < -0.4 is 5.32 Å². The SMILES string of the molecule is COC(=O)c1sccc1NC(=O)CCCc1ccc(Br)s1. The molecule has 7 heteroatoms. The normalized spacial score (nSPS) is 10.4. The quantitative estimate of drug-likeness (QED) is 0.750. The van der Waals surface area contributed by atoms with E-state index in [-0.39, 0.29) is 5.91 Å². The van der Waals surface area contributed by atoms with E-state index in [1.165, 1.54) is 23.3 Å². The Kier molecular flexibility index (Phi) is 5.96. The number of hydrogen-bond donors (Lipinski definition) is 1. The molecule has 1 N–H and O–H groups in total. The van der Waals surface area contributed by atoms with Gasteiger partial charge in [-0.05, 0) is 52.4 Å². The summed E-state index contributed by atoms with van der Waals surface area (Å²) in [6.45, 7) is 0. The molecular weight excluding hydrogens is 374 g/mol. The van der Waals surface area contributed by atoms with Crippen LogP contribution in [0.3, 0.4) is 0 Å². The number of carbonyl (C=O) groups is 2. The number of hydrogen-bond acceptors (Lipinski definition) is 5. The molecule has 0 bridgehead atoms. The Morgan fingerprint density at radius 2 is 2.14 bits per heavy atom. The molecule has 21 heavy (non-hydrogen) atoms. The van der Waals surface area contributed by atoms with Crippen LogP contribution in [-0.2, 0) is 16.0 Å². The van der Waals surface area contributed by atoms with Crippen LogP contribution in [0.25, 0.3) is 0 Å². The summed E-state index contributed by atoms with van der Waals surface area (Å²) in [7, 11) is 1.33. The van der Waals surface area contributed by atoms with Gasteiger partial charge in [0.25, 0.3) is 0 Å². The zero-order chi connectivity index (χ0) is 15.2. The molecule has 0 unspecified atom stereocenters. The highest BCUT2D eigenvalue weighted by Gasteiger charge is 2.15. The van der Waals surface area contributed by atoms with Crippen LogP contribution in [0.1, 0.15) is 27.4 Å². The number of carbonyl (C=O) groups excluding carboxylic acids is 2. The van der Waals surface area contributed by atoms with Gasteiger partial charge in [-0.25, -0.2) is 4.79 Å². The number of aryl methyl sites for hydroxylation is 1. The number of rotatable bonds is 6. The van der Waals surface area contributed by atoms with Crippen molar-refractivity contribution in [2.45, 2.75) is 19.3 Å². The van der Waals surface area contributed by atoms with Gasteiger partial charge in [-0.15, -0.1) is 22.7 Å². The summed E-state index contributed by atoms with van der Waals surface area (Å²) in [5.41, 5.74) is 0.524. The van der Waals surface area contributed by atoms with E-state index < -0.39 is 5.97 Å². The Balaban J connectivity index is 1.82. The van der Waals surface area contributed by atoms with Crippen molar-refractivity contribution in [3.63, 3.8) is 0 Å². The lowest BCUT2D eigenvalue weighted by Gasteiger charge is -2.05. The molecule has 0 aromatic carbocycles. The van der Waals surface area contributed by atoms with Crippen molar-refractivity contribution in [1.82, 2.24) is 0 Å². The maximum atomic E-state index is 11.9. The summed E-state index contributed by atoms with van der Waals surface area (Å²) in [6.07, 6.45) is 2.07. The van der Waals surface area contributed by atoms with E-state index in [9.17, 15) is 9.59 Å². The van der Waals surface area contributed by atoms with Gasteiger partial charge in [-0.3, -0.25) is 4.79 Å². The Labute approximate surface area is 139 Å². The van der Waals surface area contributed by atoms with Crippen molar-refractivity contribution in [2.75, 3.05) is 12.4 Å². The Morgan fingerprint density at radius 1 is 1.33 bits per heavy atom. The molecule has 4 nitrogen and oxygen atoms in total. The van der Waals surface area contributed by atoms with Gasteiger partial charge in [-0.1, -0.05) is 0 Å². The zero-order valence-electron chi connectivity index (χ0n) is 11.3. The van der Waals surface area contributed by atoms with Crippen LogP contribution in [0, 0.1) is 0 Å². The first-order valence-corrected chi connectivity index (χ1v) is 8.79. The second-order valence-electron chi connectivity index (χ2n) is 4.26. The van der Waals surface area contributed by atoms with Crippen molar-refractivity contribution >= 4 is 56.2 Å². The Morgan fingerprint density at radius 3 is 2.81 bits per heavy atom. The van der Waals surface area contributed by atoms with Gasteiger partial charge < -0.3 is 10.1 Å². The fraction of sp³-hybridized carbons (Fsp3) is 0.286. The maximum absolute atomic E-state index is 11.9. The average Bonchev–Trinajstić information content (AvgIpc) is 3.07. The minimum absolute atomic E-state index is 0.0887. The standard InChI is InChI=1S/C14H14BrNO3S2/c1-19-14(18)13-10(7-8-20-13)16-12(17)4-2-3-9-5-6-11(15)21-9/h5-8H,2-4H2,1H3,(H,16,17). The van der Waals surface area contributed by atoms with Gasteiger partial charge in [0.05, 0.1) is 16.6 Å². The minimum atomic E-state index is -0.427. The van der Waals surface area contributed by atoms with E-state index in [2.05, 4.69) is 32.0 Å². The van der Waals surface area contributed by atoms with Crippen molar-refractivity contribution in [3.8, 4) is 0 Å². The number of amides is 1. The van der Waals surface area contributed by atoms with Gasteiger partial charge in [-0.2, -0.15) is 0 Å². The molecule has 1 amide bonds. The number of thiophene rings is 2. The van der Waals surface area contributed by atoms with E-state index in [1.807, 2.05) is 6.07 Å². The molecule has 0 aliphatic rings. The topological polar surface area (TPSA) is 55.4 Å². The highest BCUT2D eigenvalue weighted by atomic mass is 79.9. The average molecular weight is 388 g/mol. The lowest BCUT2D eigenvalue weighted by Crippen LogP contribution is -2.13. The molecule has 2 aromatic rings. The highest BCUT2D eigenvalue weighted by Crippen LogP contribution is 2.25. The van der Waals surface area contributed by atoms with Crippen LogP contribution in [0.4, 0.5) is 5.69 Å². The Hall–Kier alpha value is -1.18. The summed E-state index contributed by atoms with van der Waals surface area (Å²) in [5, 5.41) is 4.52. The first-order valence-electron chi connectivity index (χ1n) is 6.30. The van der Waals surface area contributed by atoms with Crippen molar-refractivity contribution in [3.05, 3.63) is 37.1 Å². The molecule has 0 saturated carbocycles. The van der Waals surface area contributed by atoms with Gasteiger partial charge >= 0.3 is 5.97 Å². The van der Waals surface area contributed by atoms with Gasteiger partial charge in [0.15, 0.2) is 0 Å². The molecule has 0 atom stereocenters. The third-order valence-corrected chi connectivity index (χ3v) is 5.34. The molecule has 0 spiro atoms. The third kappa shape index (κ3) is 4.66. The van der Waals surface area contributed by atoms with Gasteiger partial charge in [0.2, 0.25) is 5.91 Å². The predicted octanol–water partition coefficient (Wildman–Crippen LogP) is 4.32. The van der Waals surface area contributed by atoms with Crippen LogP contribution in [0.15, 0.2) is 27.4 Å². The maximum Gasteiger partial charge on any atom is 0.350 e. The first-order chi connectivity index (χ1) is 10.1. The van der Waals surface area contributed by atoms with Crippen molar-refractivity contribution in [1.29, 1.82) is 0 Å². The number of methoxy groups -OCH3 is 1. The number of anilines is 1. The first kappa shape index (κ1) is 16.2. The lowest BCUT2D eigenvalue weighted by molar-refractivity contribution is -0.116. The summed E-state index contributed by atoms with van der Waals surface area (Å²) < 4.78 is 5.78. The Bertz CT molecular complexity index is 636. The summed E-state index contributed by atoms with van der Waals surface area (Å²) in [6, 6.07) is 5.78. The van der Waals surface area contributed by atoms with Gasteiger partial charge in [0.1, 0.15) is 4.88 Å². The summed E-state index contributed by atoms with van der Waals surface area (Å²) in [4.78, 5) is 25.1. The van der Waals surface area contributed by atoms with E-state index >= 15 is 0 Å². The van der Waals surface area contributed by atoms with Crippen molar-refractivity contribution < 1.29 is 14.3 Å². The molecule has 0 radical (unpaired) electrons. The summed E-state index contributed by atoms with van der Waals surface area (Å²) in [5.74, 6) is -0.516. The second-order valence-corrected chi connectivity index (χ2v) is 7.73. The van der Waals surface area contributed by atoms with Crippen LogP contribution in [0.2, 0.25) is 0 Å². The van der Waals surface area contributed by atoms with Crippen molar-refractivity contribution in [2.24, 2.45) is 0 Å². The highest BCUT2D eigenvalue weighted by molar-refractivity contribution is 9.11. The van der Waals surface area contributed by atoms with Crippen LogP contribution in [-0.4, -0.2) is 19.0 Å². The number of esters is 1. The van der Waals surface area contributed by atoms with Gasteiger partial charge in [0, 0.05) is 11.3 Å². The molecule has 2 rings (SSSR count). The third-order valence-electron chi connectivity index (χ3n) is 2.77. The van der Waals surface area contributed by atoms with E-state index in [4.69, 9.17) is 0 Å². The molecule has 0 aliphatic heterocycles. The monoisotopic (exact) mass is 387 g/mol. The smallest absolute Gasteiger partial charge is 0.350 e. The molecule has 0 aliphatic carbocycles. The predicted molar refractivity (Wildman–Crippen MR) is 89.2 cm³/mol. The molecular formula is C14H14BrNO3S2.